The Morgan fingerprint density at radius 2 is 1.43 bits per heavy atom. The summed E-state index contributed by atoms with van der Waals surface area (Å²) >= 11 is 0. The molecule has 0 fully saturated rings. The minimum atomic E-state index is 0.539. The molecule has 0 spiro atoms. The molecule has 0 amide bonds. The molecule has 0 radical (unpaired) electrons. The van der Waals surface area contributed by atoms with Crippen molar-refractivity contribution in [3.63, 3.8) is 0 Å². The fourth-order valence-corrected chi connectivity index (χ4v) is 4.32. The Morgan fingerprint density at radius 3 is 2.14 bits per heavy atom. The van der Waals surface area contributed by atoms with Crippen LogP contribution in [0.15, 0.2) is 84.9 Å². The van der Waals surface area contributed by atoms with Crippen molar-refractivity contribution in [3.8, 4) is 11.3 Å². The van der Waals surface area contributed by atoms with Gasteiger partial charge in [0, 0.05) is 17.4 Å². The molecule has 0 saturated heterocycles. The molecule has 0 bridgehead atoms. The molecule has 3 aromatic carbocycles. The van der Waals surface area contributed by atoms with Crippen molar-refractivity contribution >= 4 is 10.9 Å². The zero-order valence-corrected chi connectivity index (χ0v) is 16.9. The maximum absolute atomic E-state index is 2.53. The lowest BCUT2D eigenvalue weighted by molar-refractivity contribution is 0.626. The average molecular weight is 368 g/mol. The van der Waals surface area contributed by atoms with Gasteiger partial charge in [-0.2, -0.15) is 0 Å². The molecule has 1 atom stereocenters. The first-order chi connectivity index (χ1) is 13.8. The van der Waals surface area contributed by atoms with Gasteiger partial charge in [0.05, 0.1) is 5.69 Å². The second kappa shape index (κ2) is 8.48. The Hall–Kier alpha value is -2.80. The molecule has 0 saturated carbocycles. The largest absolute Gasteiger partial charge is 0.336 e. The molecule has 0 aliphatic carbocycles. The van der Waals surface area contributed by atoms with E-state index in [1.807, 2.05) is 0 Å². The average Bonchev–Trinajstić information content (AvgIpc) is 3.08. The highest BCUT2D eigenvalue weighted by atomic mass is 15.0. The first-order valence-electron chi connectivity index (χ1n) is 10.5. The molecule has 4 rings (SSSR count). The number of hydrogen-bond donors (Lipinski definition) is 0. The van der Waals surface area contributed by atoms with E-state index in [1.54, 1.807) is 0 Å². The van der Waals surface area contributed by atoms with E-state index in [-0.39, 0.29) is 0 Å². The van der Waals surface area contributed by atoms with Crippen LogP contribution < -0.4 is 0 Å². The van der Waals surface area contributed by atoms with Gasteiger partial charge in [-0.25, -0.2) is 0 Å². The third-order valence-corrected chi connectivity index (χ3v) is 5.72. The van der Waals surface area contributed by atoms with Crippen molar-refractivity contribution in [3.05, 3.63) is 96.1 Å². The lowest BCUT2D eigenvalue weighted by Gasteiger charge is -2.17. The Balaban J connectivity index is 1.95. The first kappa shape index (κ1) is 18.6. The van der Waals surface area contributed by atoms with Gasteiger partial charge in [0.15, 0.2) is 0 Å². The topological polar surface area (TPSA) is 4.93 Å². The molecule has 1 heteroatoms. The molecule has 1 nitrogen and oxygen atoms in total. The standard InChI is InChI=1S/C27H29N/c1-3-4-13-21(2)26-24-18-11-12-19-25(24)28(20-22-14-7-5-8-15-22)27(26)23-16-9-6-10-17-23/h5-12,14-19,21H,3-4,13,20H2,1-2H3/t21-/m0/s1. The fraction of sp³-hybridized carbons (Fsp3) is 0.259. The Labute approximate surface area is 168 Å². The number of nitrogens with zero attached hydrogens (tertiary/aromatic N) is 1. The number of rotatable bonds is 7. The third-order valence-electron chi connectivity index (χ3n) is 5.72. The second-order valence-corrected chi connectivity index (χ2v) is 7.76. The van der Waals surface area contributed by atoms with Gasteiger partial charge in [-0.3, -0.25) is 0 Å². The summed E-state index contributed by atoms with van der Waals surface area (Å²) in [6, 6.07) is 30.7. The summed E-state index contributed by atoms with van der Waals surface area (Å²) in [6.45, 7) is 5.58. The molecule has 0 aliphatic rings. The van der Waals surface area contributed by atoms with Gasteiger partial charge in [-0.15, -0.1) is 0 Å². The van der Waals surface area contributed by atoms with E-state index in [0.29, 0.717) is 5.92 Å². The quantitative estimate of drug-likeness (QED) is 0.316. The van der Waals surface area contributed by atoms with Crippen LogP contribution in [0.25, 0.3) is 22.2 Å². The minimum absolute atomic E-state index is 0.539. The molecule has 1 aromatic heterocycles. The normalized spacial score (nSPS) is 12.4. The van der Waals surface area contributed by atoms with Crippen molar-refractivity contribution in [2.45, 2.75) is 45.6 Å². The van der Waals surface area contributed by atoms with Crippen LogP contribution in [0.1, 0.15) is 50.2 Å². The SMILES string of the molecule is CCCC[C@H](C)c1c(-c2ccccc2)n(Cc2ccccc2)c2ccccc12. The van der Waals surface area contributed by atoms with Gasteiger partial charge in [0.2, 0.25) is 0 Å². The number of fused-ring (bicyclic) bond motifs is 1. The van der Waals surface area contributed by atoms with Crippen molar-refractivity contribution < 1.29 is 0 Å². The number of benzene rings is 3. The maximum Gasteiger partial charge on any atom is 0.0529 e. The lowest BCUT2D eigenvalue weighted by atomic mass is 9.91. The molecular weight excluding hydrogens is 338 g/mol. The molecule has 1 heterocycles. The van der Waals surface area contributed by atoms with E-state index < -0.39 is 0 Å². The van der Waals surface area contributed by atoms with Crippen LogP contribution in [0.4, 0.5) is 0 Å². The van der Waals surface area contributed by atoms with Crippen LogP contribution in [0.5, 0.6) is 0 Å². The van der Waals surface area contributed by atoms with Gasteiger partial charge < -0.3 is 4.57 Å². The molecule has 4 aromatic rings. The third kappa shape index (κ3) is 3.62. The summed E-state index contributed by atoms with van der Waals surface area (Å²) < 4.78 is 2.53. The molecule has 142 valence electrons. The monoisotopic (exact) mass is 367 g/mol. The summed E-state index contributed by atoms with van der Waals surface area (Å²) in [7, 11) is 0. The number of para-hydroxylation sites is 1. The van der Waals surface area contributed by atoms with Crippen molar-refractivity contribution in [2.24, 2.45) is 0 Å². The van der Waals surface area contributed by atoms with E-state index in [0.717, 1.165) is 6.54 Å². The van der Waals surface area contributed by atoms with Crippen LogP contribution in [0.2, 0.25) is 0 Å². The fourth-order valence-electron chi connectivity index (χ4n) is 4.32. The molecule has 0 N–H and O–H groups in total. The van der Waals surface area contributed by atoms with Gasteiger partial charge in [0.25, 0.3) is 0 Å². The Bertz CT molecular complexity index is 1030. The van der Waals surface area contributed by atoms with Crippen LogP contribution in [-0.4, -0.2) is 4.57 Å². The number of aromatic nitrogens is 1. The molecular formula is C27H29N. The van der Waals surface area contributed by atoms with Gasteiger partial charge in [-0.05, 0) is 35.1 Å². The van der Waals surface area contributed by atoms with E-state index in [2.05, 4.69) is 103 Å². The lowest BCUT2D eigenvalue weighted by Crippen LogP contribution is -2.04. The molecule has 0 unspecified atom stereocenters. The Kier molecular flexibility index (Phi) is 5.62. The van der Waals surface area contributed by atoms with Crippen LogP contribution >= 0.6 is 0 Å². The first-order valence-corrected chi connectivity index (χ1v) is 10.5. The summed E-state index contributed by atoms with van der Waals surface area (Å²) in [5, 5.41) is 1.40. The van der Waals surface area contributed by atoms with Crippen molar-refractivity contribution in [1.82, 2.24) is 4.57 Å². The zero-order chi connectivity index (χ0) is 19.3. The minimum Gasteiger partial charge on any atom is -0.336 e. The maximum atomic E-state index is 2.53. The van der Waals surface area contributed by atoms with Gasteiger partial charge >= 0.3 is 0 Å². The highest BCUT2D eigenvalue weighted by molar-refractivity contribution is 5.92. The zero-order valence-electron chi connectivity index (χ0n) is 16.9. The highest BCUT2D eigenvalue weighted by Crippen LogP contribution is 2.40. The summed E-state index contributed by atoms with van der Waals surface area (Å²) in [4.78, 5) is 0. The van der Waals surface area contributed by atoms with Crippen molar-refractivity contribution in [1.29, 1.82) is 0 Å². The predicted molar refractivity (Wildman–Crippen MR) is 121 cm³/mol. The van der Waals surface area contributed by atoms with E-state index in [9.17, 15) is 0 Å². The van der Waals surface area contributed by atoms with Crippen molar-refractivity contribution in [2.75, 3.05) is 0 Å². The second-order valence-electron chi connectivity index (χ2n) is 7.76. The predicted octanol–water partition coefficient (Wildman–Crippen LogP) is 7.65. The van der Waals surface area contributed by atoms with Crippen LogP contribution in [0, 0.1) is 0 Å². The van der Waals surface area contributed by atoms with Gasteiger partial charge in [0.1, 0.15) is 0 Å². The van der Waals surface area contributed by atoms with E-state index in [1.165, 1.54) is 52.5 Å². The van der Waals surface area contributed by atoms with Gasteiger partial charge in [-0.1, -0.05) is 106 Å². The van der Waals surface area contributed by atoms with Crippen LogP contribution in [-0.2, 0) is 6.54 Å². The Morgan fingerprint density at radius 1 is 0.786 bits per heavy atom. The highest BCUT2D eigenvalue weighted by Gasteiger charge is 2.22. The molecule has 28 heavy (non-hydrogen) atoms. The summed E-state index contributed by atoms with van der Waals surface area (Å²) in [6.07, 6.45) is 3.75. The summed E-state index contributed by atoms with van der Waals surface area (Å²) in [5.41, 5.74) is 6.88. The number of unbranched alkanes of at least 4 members (excludes halogenated alkanes) is 1. The smallest absolute Gasteiger partial charge is 0.0529 e. The molecule has 0 aliphatic heterocycles. The van der Waals surface area contributed by atoms with E-state index in [4.69, 9.17) is 0 Å². The van der Waals surface area contributed by atoms with Crippen LogP contribution in [0.3, 0.4) is 0 Å². The van der Waals surface area contributed by atoms with E-state index >= 15 is 0 Å². The number of hydrogen-bond acceptors (Lipinski definition) is 0. The summed E-state index contributed by atoms with van der Waals surface area (Å²) in [5.74, 6) is 0.539.